The third-order valence-electron chi connectivity index (χ3n) is 3.61. The summed E-state index contributed by atoms with van der Waals surface area (Å²) < 4.78 is 28.7. The molecule has 0 saturated carbocycles. The van der Waals surface area contributed by atoms with Crippen molar-refractivity contribution in [3.05, 3.63) is 65.1 Å². The van der Waals surface area contributed by atoms with E-state index in [1.54, 1.807) is 10.7 Å². The Morgan fingerprint density at radius 1 is 1.29 bits per heavy atom. The Balaban J connectivity index is 1.55. The molecular weight excluding hydrogens is 314 g/mol. The van der Waals surface area contributed by atoms with Crippen LogP contribution < -0.4 is 5.32 Å². The molecule has 1 amide bonds. The second kappa shape index (κ2) is 6.74. The Labute approximate surface area is 137 Å². The van der Waals surface area contributed by atoms with E-state index in [9.17, 15) is 13.6 Å². The number of fused-ring (bicyclic) bond motifs is 1. The maximum absolute atomic E-state index is 13.5. The van der Waals surface area contributed by atoms with Gasteiger partial charge in [0, 0.05) is 25.0 Å². The Hall–Kier alpha value is -2.83. The van der Waals surface area contributed by atoms with Crippen molar-refractivity contribution >= 4 is 11.6 Å². The number of carbonyl (C=O) groups excluding carboxylic acids is 1. The summed E-state index contributed by atoms with van der Waals surface area (Å²) in [5.41, 5.74) is 2.09. The Morgan fingerprint density at radius 3 is 2.79 bits per heavy atom. The first-order valence-corrected chi connectivity index (χ1v) is 7.58. The average Bonchev–Trinajstić information content (AvgIpc) is 2.90. The quantitative estimate of drug-likeness (QED) is 0.732. The van der Waals surface area contributed by atoms with Crippen molar-refractivity contribution in [3.63, 3.8) is 0 Å². The SMILES string of the molecule is Cc1cc2ncc(CCCNC(=O)c3c(F)cccc3F)cn2n1. The molecule has 0 bridgehead atoms. The molecule has 0 radical (unpaired) electrons. The molecule has 0 spiro atoms. The number of nitrogens with one attached hydrogen (secondary N) is 1. The van der Waals surface area contributed by atoms with Gasteiger partial charge in [-0.05, 0) is 37.5 Å². The predicted octanol–water partition coefficient (Wildman–Crippen LogP) is 2.68. The Morgan fingerprint density at radius 2 is 2.04 bits per heavy atom. The number of aromatic nitrogens is 3. The van der Waals surface area contributed by atoms with E-state index in [2.05, 4.69) is 15.4 Å². The van der Waals surface area contributed by atoms with E-state index >= 15 is 0 Å². The van der Waals surface area contributed by atoms with Gasteiger partial charge < -0.3 is 5.32 Å². The molecule has 0 aliphatic rings. The van der Waals surface area contributed by atoms with E-state index in [4.69, 9.17) is 0 Å². The van der Waals surface area contributed by atoms with Crippen molar-refractivity contribution in [2.24, 2.45) is 0 Å². The van der Waals surface area contributed by atoms with Gasteiger partial charge in [0.15, 0.2) is 5.65 Å². The highest BCUT2D eigenvalue weighted by atomic mass is 19.1. The minimum absolute atomic E-state index is 0.308. The fraction of sp³-hybridized carbons (Fsp3) is 0.235. The van der Waals surface area contributed by atoms with Crippen LogP contribution in [-0.2, 0) is 6.42 Å². The second-order valence-electron chi connectivity index (χ2n) is 5.51. The molecule has 1 aromatic carbocycles. The molecule has 3 aromatic rings. The normalized spacial score (nSPS) is 11.0. The molecule has 1 N–H and O–H groups in total. The summed E-state index contributed by atoms with van der Waals surface area (Å²) in [5, 5.41) is 6.82. The summed E-state index contributed by atoms with van der Waals surface area (Å²) in [6.07, 6.45) is 4.93. The third kappa shape index (κ3) is 3.40. The van der Waals surface area contributed by atoms with Gasteiger partial charge in [-0.15, -0.1) is 0 Å². The van der Waals surface area contributed by atoms with Gasteiger partial charge in [-0.3, -0.25) is 4.79 Å². The predicted molar refractivity (Wildman–Crippen MR) is 84.7 cm³/mol. The van der Waals surface area contributed by atoms with Crippen molar-refractivity contribution in [2.45, 2.75) is 19.8 Å². The smallest absolute Gasteiger partial charge is 0.257 e. The second-order valence-corrected chi connectivity index (χ2v) is 5.51. The number of halogens is 2. The molecular formula is C17H16F2N4O. The van der Waals surface area contributed by atoms with E-state index < -0.39 is 23.1 Å². The van der Waals surface area contributed by atoms with Crippen LogP contribution in [0.15, 0.2) is 36.7 Å². The first kappa shape index (κ1) is 16.0. The fourth-order valence-electron chi connectivity index (χ4n) is 2.46. The van der Waals surface area contributed by atoms with Crippen LogP contribution in [-0.4, -0.2) is 27.0 Å². The van der Waals surface area contributed by atoms with E-state index in [0.29, 0.717) is 19.4 Å². The van der Waals surface area contributed by atoms with E-state index in [1.807, 2.05) is 19.2 Å². The number of amides is 1. The molecule has 0 unspecified atom stereocenters. The number of benzene rings is 1. The zero-order chi connectivity index (χ0) is 17.1. The van der Waals surface area contributed by atoms with E-state index in [-0.39, 0.29) is 0 Å². The van der Waals surface area contributed by atoms with Gasteiger partial charge in [0.25, 0.3) is 5.91 Å². The summed E-state index contributed by atoms with van der Waals surface area (Å²) in [6.45, 7) is 2.20. The van der Waals surface area contributed by atoms with Crippen LogP contribution in [0.1, 0.15) is 28.0 Å². The zero-order valence-electron chi connectivity index (χ0n) is 13.1. The number of nitrogens with zero attached hydrogens (tertiary/aromatic N) is 3. The van der Waals surface area contributed by atoms with Crippen LogP contribution in [0.3, 0.4) is 0 Å². The van der Waals surface area contributed by atoms with Gasteiger partial charge in [0.2, 0.25) is 0 Å². The van der Waals surface area contributed by atoms with Crippen molar-refractivity contribution in [3.8, 4) is 0 Å². The Kier molecular flexibility index (Phi) is 4.50. The van der Waals surface area contributed by atoms with Crippen LogP contribution in [0.4, 0.5) is 8.78 Å². The maximum atomic E-state index is 13.5. The number of rotatable bonds is 5. The van der Waals surface area contributed by atoms with Crippen molar-refractivity contribution in [1.29, 1.82) is 0 Å². The van der Waals surface area contributed by atoms with Crippen molar-refractivity contribution in [1.82, 2.24) is 19.9 Å². The molecule has 0 atom stereocenters. The number of hydrogen-bond donors (Lipinski definition) is 1. The summed E-state index contributed by atoms with van der Waals surface area (Å²) in [6, 6.07) is 5.23. The lowest BCUT2D eigenvalue weighted by molar-refractivity contribution is 0.0945. The largest absolute Gasteiger partial charge is 0.352 e. The van der Waals surface area contributed by atoms with E-state index in [1.165, 1.54) is 6.07 Å². The third-order valence-corrected chi connectivity index (χ3v) is 3.61. The lowest BCUT2D eigenvalue weighted by atomic mass is 10.1. The van der Waals surface area contributed by atoms with Crippen LogP contribution in [0, 0.1) is 18.6 Å². The maximum Gasteiger partial charge on any atom is 0.257 e. The number of hydrogen-bond acceptors (Lipinski definition) is 3. The van der Waals surface area contributed by atoms with Crippen molar-refractivity contribution < 1.29 is 13.6 Å². The lowest BCUT2D eigenvalue weighted by Crippen LogP contribution is -2.26. The molecule has 0 aliphatic heterocycles. The van der Waals surface area contributed by atoms with Crippen LogP contribution >= 0.6 is 0 Å². The monoisotopic (exact) mass is 330 g/mol. The highest BCUT2D eigenvalue weighted by Gasteiger charge is 2.16. The molecule has 2 aromatic heterocycles. The van der Waals surface area contributed by atoms with Gasteiger partial charge >= 0.3 is 0 Å². The lowest BCUT2D eigenvalue weighted by Gasteiger charge is -2.07. The first-order valence-electron chi connectivity index (χ1n) is 7.58. The molecule has 7 heteroatoms. The molecule has 24 heavy (non-hydrogen) atoms. The van der Waals surface area contributed by atoms with Gasteiger partial charge in [-0.25, -0.2) is 18.3 Å². The van der Waals surface area contributed by atoms with Gasteiger partial charge in [-0.2, -0.15) is 5.10 Å². The zero-order valence-corrected chi connectivity index (χ0v) is 13.1. The molecule has 5 nitrogen and oxygen atoms in total. The summed E-state index contributed by atoms with van der Waals surface area (Å²) in [7, 11) is 0. The van der Waals surface area contributed by atoms with Gasteiger partial charge in [0.05, 0.1) is 5.69 Å². The number of carbonyl (C=O) groups is 1. The fourth-order valence-corrected chi connectivity index (χ4v) is 2.46. The van der Waals surface area contributed by atoms with Gasteiger partial charge in [-0.1, -0.05) is 6.07 Å². The summed E-state index contributed by atoms with van der Waals surface area (Å²) in [4.78, 5) is 16.2. The highest BCUT2D eigenvalue weighted by Crippen LogP contribution is 2.12. The van der Waals surface area contributed by atoms with Crippen molar-refractivity contribution in [2.75, 3.05) is 6.54 Å². The molecule has 2 heterocycles. The molecule has 0 fully saturated rings. The number of aryl methyl sites for hydroxylation is 2. The van der Waals surface area contributed by atoms with Crippen LogP contribution in [0.5, 0.6) is 0 Å². The topological polar surface area (TPSA) is 59.3 Å². The minimum Gasteiger partial charge on any atom is -0.352 e. The molecule has 0 saturated heterocycles. The summed E-state index contributed by atoms with van der Waals surface area (Å²) >= 11 is 0. The molecule has 124 valence electrons. The minimum atomic E-state index is -0.865. The standard InChI is InChI=1S/C17H16F2N4O/c1-11-8-15-21-9-12(10-23(15)22-11)4-3-7-20-17(24)16-13(18)5-2-6-14(16)19/h2,5-6,8-10H,3-4,7H2,1H3,(H,20,24). The van der Waals surface area contributed by atoms with Crippen LogP contribution in [0.2, 0.25) is 0 Å². The summed E-state index contributed by atoms with van der Waals surface area (Å²) in [5.74, 6) is -2.48. The average molecular weight is 330 g/mol. The molecule has 3 rings (SSSR count). The highest BCUT2D eigenvalue weighted by molar-refractivity contribution is 5.94. The van der Waals surface area contributed by atoms with E-state index in [0.717, 1.165) is 29.0 Å². The molecule has 0 aliphatic carbocycles. The first-order chi connectivity index (χ1) is 11.5. The van der Waals surface area contributed by atoms with Gasteiger partial charge in [0.1, 0.15) is 17.2 Å². The Bertz CT molecular complexity index is 871. The van der Waals surface area contributed by atoms with Crippen LogP contribution in [0.25, 0.3) is 5.65 Å².